The van der Waals surface area contributed by atoms with Gasteiger partial charge in [0, 0.05) is 19.6 Å². The van der Waals surface area contributed by atoms with E-state index in [9.17, 15) is 9.90 Å². The van der Waals surface area contributed by atoms with Gasteiger partial charge in [-0.2, -0.15) is 0 Å². The van der Waals surface area contributed by atoms with Crippen molar-refractivity contribution in [1.82, 2.24) is 10.2 Å². The summed E-state index contributed by atoms with van der Waals surface area (Å²) in [4.78, 5) is 13.6. The molecule has 0 radical (unpaired) electrons. The maximum absolute atomic E-state index is 11.7. The summed E-state index contributed by atoms with van der Waals surface area (Å²) in [6.07, 6.45) is 1.76. The minimum Gasteiger partial charge on any atom is -0.394 e. The molecule has 1 heterocycles. The average molecular weight is 212 g/mol. The van der Waals surface area contributed by atoms with Gasteiger partial charge in [-0.3, -0.25) is 9.69 Å². The van der Waals surface area contributed by atoms with Crippen LogP contribution in [0, 0.1) is 5.41 Å². The molecule has 1 saturated heterocycles. The lowest BCUT2D eigenvalue weighted by molar-refractivity contribution is -0.126. The lowest BCUT2D eigenvalue weighted by Gasteiger charge is -2.30. The van der Waals surface area contributed by atoms with Gasteiger partial charge in [-0.15, -0.1) is 6.58 Å². The monoisotopic (exact) mass is 212 g/mol. The number of hydrogen-bond donors (Lipinski definition) is 2. The zero-order valence-corrected chi connectivity index (χ0v) is 9.49. The summed E-state index contributed by atoms with van der Waals surface area (Å²) in [7, 11) is 0. The van der Waals surface area contributed by atoms with Crippen molar-refractivity contribution in [2.24, 2.45) is 5.41 Å². The molecule has 0 aromatic carbocycles. The summed E-state index contributed by atoms with van der Waals surface area (Å²) in [5.41, 5.74) is 0.0303. The van der Waals surface area contributed by atoms with Crippen LogP contribution >= 0.6 is 0 Å². The van der Waals surface area contributed by atoms with Crippen LogP contribution in [0.2, 0.25) is 0 Å². The molecule has 1 fully saturated rings. The highest BCUT2D eigenvalue weighted by Gasteiger charge is 2.34. The molecule has 86 valence electrons. The van der Waals surface area contributed by atoms with E-state index in [1.54, 1.807) is 6.08 Å². The molecular weight excluding hydrogens is 192 g/mol. The van der Waals surface area contributed by atoms with Gasteiger partial charge >= 0.3 is 0 Å². The molecular formula is C11H20N2O2. The third-order valence-corrected chi connectivity index (χ3v) is 2.65. The van der Waals surface area contributed by atoms with E-state index in [4.69, 9.17) is 0 Å². The second-order valence-electron chi connectivity index (χ2n) is 4.80. The predicted molar refractivity (Wildman–Crippen MR) is 59.4 cm³/mol. The van der Waals surface area contributed by atoms with E-state index < -0.39 is 6.04 Å². The fourth-order valence-corrected chi connectivity index (χ4v) is 1.88. The number of carbonyl (C=O) groups is 1. The highest BCUT2D eigenvalue weighted by molar-refractivity contribution is 5.82. The Morgan fingerprint density at radius 2 is 2.40 bits per heavy atom. The number of nitrogens with one attached hydrogen (secondary N) is 1. The molecule has 0 spiro atoms. The van der Waals surface area contributed by atoms with Gasteiger partial charge < -0.3 is 10.4 Å². The number of aliphatic hydroxyl groups is 1. The van der Waals surface area contributed by atoms with Gasteiger partial charge in [0.25, 0.3) is 0 Å². The molecule has 1 aliphatic rings. The zero-order chi connectivity index (χ0) is 11.5. The molecule has 1 atom stereocenters. The second kappa shape index (κ2) is 4.77. The Balaban J connectivity index is 2.84. The van der Waals surface area contributed by atoms with Crippen LogP contribution in [0.15, 0.2) is 12.7 Å². The van der Waals surface area contributed by atoms with E-state index in [0.29, 0.717) is 13.1 Å². The minimum atomic E-state index is -0.440. The number of carbonyl (C=O) groups excluding carboxylic acids is 1. The van der Waals surface area contributed by atoms with E-state index in [1.807, 2.05) is 4.90 Å². The molecule has 0 aromatic rings. The fourth-order valence-electron chi connectivity index (χ4n) is 1.88. The molecule has 0 bridgehead atoms. The molecule has 4 heteroatoms. The van der Waals surface area contributed by atoms with Gasteiger partial charge in [0.2, 0.25) is 5.91 Å². The highest BCUT2D eigenvalue weighted by atomic mass is 16.3. The Labute approximate surface area is 91.0 Å². The van der Waals surface area contributed by atoms with E-state index in [0.717, 1.165) is 6.54 Å². The van der Waals surface area contributed by atoms with Gasteiger partial charge in [0.05, 0.1) is 6.61 Å². The predicted octanol–water partition coefficient (Wildman–Crippen LogP) is -0.00870. The number of aliphatic hydroxyl groups excluding tert-OH is 1. The van der Waals surface area contributed by atoms with Crippen LogP contribution in [0.3, 0.4) is 0 Å². The van der Waals surface area contributed by atoms with Crippen LogP contribution in [0.5, 0.6) is 0 Å². The first-order valence-electron chi connectivity index (χ1n) is 5.24. The van der Waals surface area contributed by atoms with Crippen molar-refractivity contribution >= 4 is 5.91 Å². The van der Waals surface area contributed by atoms with Crippen molar-refractivity contribution in [3.63, 3.8) is 0 Å². The first-order valence-corrected chi connectivity index (χ1v) is 5.24. The Kier molecular flexibility index (Phi) is 3.88. The van der Waals surface area contributed by atoms with E-state index in [-0.39, 0.29) is 17.9 Å². The maximum Gasteiger partial charge on any atom is 0.239 e. The number of hydrogen-bond acceptors (Lipinski definition) is 3. The Bertz CT molecular complexity index is 251. The number of nitrogens with zero attached hydrogens (tertiary/aromatic N) is 1. The summed E-state index contributed by atoms with van der Waals surface area (Å²) in [6.45, 7) is 9.79. The summed E-state index contributed by atoms with van der Waals surface area (Å²) in [5.74, 6) is -0.0927. The number of amides is 1. The molecule has 0 aromatic heterocycles. The Hall–Kier alpha value is -0.870. The summed E-state index contributed by atoms with van der Waals surface area (Å²) in [5, 5.41) is 12.1. The van der Waals surface area contributed by atoms with Crippen molar-refractivity contribution in [2.45, 2.75) is 19.9 Å². The molecule has 0 saturated carbocycles. The van der Waals surface area contributed by atoms with E-state index in [2.05, 4.69) is 25.7 Å². The van der Waals surface area contributed by atoms with Crippen LogP contribution < -0.4 is 5.32 Å². The topological polar surface area (TPSA) is 52.6 Å². The maximum atomic E-state index is 11.7. The van der Waals surface area contributed by atoms with E-state index >= 15 is 0 Å². The van der Waals surface area contributed by atoms with Crippen LogP contribution in [-0.4, -0.2) is 48.2 Å². The third kappa shape index (κ3) is 3.04. The molecule has 4 nitrogen and oxygen atoms in total. The van der Waals surface area contributed by atoms with Gasteiger partial charge in [0.15, 0.2) is 0 Å². The first kappa shape index (κ1) is 12.2. The summed E-state index contributed by atoms with van der Waals surface area (Å²) in [6, 6.07) is -0.440. The van der Waals surface area contributed by atoms with Gasteiger partial charge in [-0.1, -0.05) is 19.9 Å². The molecule has 15 heavy (non-hydrogen) atoms. The van der Waals surface area contributed by atoms with E-state index in [1.165, 1.54) is 0 Å². The second-order valence-corrected chi connectivity index (χ2v) is 4.80. The van der Waals surface area contributed by atoms with Crippen molar-refractivity contribution in [3.05, 3.63) is 12.7 Å². The molecule has 1 aliphatic heterocycles. The molecule has 2 N–H and O–H groups in total. The third-order valence-electron chi connectivity index (χ3n) is 2.65. The zero-order valence-electron chi connectivity index (χ0n) is 9.49. The Morgan fingerprint density at radius 3 is 2.93 bits per heavy atom. The van der Waals surface area contributed by atoms with Crippen molar-refractivity contribution < 1.29 is 9.90 Å². The van der Waals surface area contributed by atoms with Crippen LogP contribution in [0.1, 0.15) is 13.8 Å². The van der Waals surface area contributed by atoms with Gasteiger partial charge in [-0.25, -0.2) is 0 Å². The van der Waals surface area contributed by atoms with Crippen LogP contribution in [-0.2, 0) is 4.79 Å². The standard InChI is InChI=1S/C11H20N2O2/c1-4-5-13-8-11(2,3)7-12-10(15)9(13)6-14/h4,9,14H,1,5-8H2,2-3H3,(H,12,15). The van der Waals surface area contributed by atoms with Crippen molar-refractivity contribution in [1.29, 1.82) is 0 Å². The quantitative estimate of drug-likeness (QED) is 0.647. The van der Waals surface area contributed by atoms with Gasteiger partial charge in [-0.05, 0) is 5.41 Å². The SMILES string of the molecule is C=CCN1CC(C)(C)CNC(=O)C1CO. The highest BCUT2D eigenvalue weighted by Crippen LogP contribution is 2.20. The lowest BCUT2D eigenvalue weighted by atomic mass is 9.93. The lowest BCUT2D eigenvalue weighted by Crippen LogP contribution is -2.47. The number of rotatable bonds is 3. The first-order chi connectivity index (χ1) is 7.00. The van der Waals surface area contributed by atoms with Crippen LogP contribution in [0.25, 0.3) is 0 Å². The van der Waals surface area contributed by atoms with Gasteiger partial charge in [0.1, 0.15) is 6.04 Å². The van der Waals surface area contributed by atoms with Crippen LogP contribution in [0.4, 0.5) is 0 Å². The largest absolute Gasteiger partial charge is 0.394 e. The fraction of sp³-hybridized carbons (Fsp3) is 0.727. The smallest absolute Gasteiger partial charge is 0.239 e. The van der Waals surface area contributed by atoms with Crippen molar-refractivity contribution in [3.8, 4) is 0 Å². The minimum absolute atomic E-state index is 0.0303. The molecule has 1 unspecified atom stereocenters. The molecule has 1 rings (SSSR count). The summed E-state index contributed by atoms with van der Waals surface area (Å²) < 4.78 is 0. The Morgan fingerprint density at radius 1 is 1.73 bits per heavy atom. The normalized spacial score (nSPS) is 26.9. The van der Waals surface area contributed by atoms with Crippen molar-refractivity contribution in [2.75, 3.05) is 26.2 Å². The molecule has 0 aliphatic carbocycles. The molecule has 1 amide bonds. The average Bonchev–Trinajstić information content (AvgIpc) is 2.25. The summed E-state index contributed by atoms with van der Waals surface area (Å²) >= 11 is 0.